The van der Waals surface area contributed by atoms with E-state index >= 15 is 0 Å². The van der Waals surface area contributed by atoms with Crippen molar-refractivity contribution in [2.24, 2.45) is 0 Å². The lowest BCUT2D eigenvalue weighted by atomic mass is 10.0. The minimum atomic E-state index is 0.484. The first-order valence-corrected chi connectivity index (χ1v) is 11.6. The van der Waals surface area contributed by atoms with Crippen molar-refractivity contribution in [3.05, 3.63) is 65.1 Å². The highest BCUT2D eigenvalue weighted by molar-refractivity contribution is 6.29. The minimum absolute atomic E-state index is 0.484. The second-order valence-corrected chi connectivity index (χ2v) is 9.22. The van der Waals surface area contributed by atoms with Crippen LogP contribution in [0.15, 0.2) is 48.8 Å². The summed E-state index contributed by atoms with van der Waals surface area (Å²) in [5.41, 5.74) is 3.84. The first kappa shape index (κ1) is 21.1. The molecule has 2 aliphatic rings. The van der Waals surface area contributed by atoms with Crippen molar-refractivity contribution >= 4 is 28.2 Å². The Labute approximate surface area is 194 Å². The molecule has 0 bridgehead atoms. The molecule has 0 radical (unpaired) electrons. The van der Waals surface area contributed by atoms with Gasteiger partial charge in [0.05, 0.1) is 11.1 Å². The summed E-state index contributed by atoms with van der Waals surface area (Å²) in [5, 5.41) is 11.1. The van der Waals surface area contributed by atoms with E-state index in [1.165, 1.54) is 11.3 Å². The third-order valence-corrected chi connectivity index (χ3v) is 7.03. The summed E-state index contributed by atoms with van der Waals surface area (Å²) < 4.78 is 0. The highest BCUT2D eigenvalue weighted by atomic mass is 35.5. The summed E-state index contributed by atoms with van der Waals surface area (Å²) in [6, 6.07) is 15.2. The number of hydrogen-bond acceptors (Lipinski definition) is 6. The SMILES string of the molecule is CC1CN(c2ccc(C#N)c3ncccc23)CC2CN(CCc3ccc(Cl)nc3)CCN12. The molecule has 1 aromatic carbocycles. The molecule has 0 aliphatic carbocycles. The van der Waals surface area contributed by atoms with Crippen molar-refractivity contribution in [2.75, 3.05) is 44.2 Å². The standard InChI is InChI=1S/C25H27ClN6/c1-18-15-31(23-6-5-20(13-27)25-22(23)3-2-9-28-25)17-21-16-30(11-12-32(18)21)10-8-19-4-7-24(26)29-14-19/h2-7,9,14,18,21H,8,10-12,15-17H2,1H3. The molecule has 0 amide bonds. The summed E-state index contributed by atoms with van der Waals surface area (Å²) >= 11 is 5.92. The van der Waals surface area contributed by atoms with E-state index in [0.29, 0.717) is 22.8 Å². The lowest BCUT2D eigenvalue weighted by Gasteiger charge is -2.51. The van der Waals surface area contributed by atoms with Crippen molar-refractivity contribution in [3.8, 4) is 6.07 Å². The molecule has 2 atom stereocenters. The molecule has 2 fully saturated rings. The maximum atomic E-state index is 9.48. The van der Waals surface area contributed by atoms with Gasteiger partial charge in [-0.25, -0.2) is 4.98 Å². The molecule has 4 heterocycles. The molecule has 6 nitrogen and oxygen atoms in total. The summed E-state index contributed by atoms with van der Waals surface area (Å²) in [4.78, 5) is 16.4. The van der Waals surface area contributed by atoms with Crippen LogP contribution in [0.2, 0.25) is 5.15 Å². The topological polar surface area (TPSA) is 59.3 Å². The number of pyridine rings is 2. The predicted molar refractivity (Wildman–Crippen MR) is 128 cm³/mol. The maximum Gasteiger partial charge on any atom is 0.129 e. The van der Waals surface area contributed by atoms with Gasteiger partial charge in [0.1, 0.15) is 11.2 Å². The molecular weight excluding hydrogens is 420 g/mol. The van der Waals surface area contributed by atoms with Crippen molar-refractivity contribution < 1.29 is 0 Å². The van der Waals surface area contributed by atoms with Crippen molar-refractivity contribution in [3.63, 3.8) is 0 Å². The van der Waals surface area contributed by atoms with E-state index in [4.69, 9.17) is 11.6 Å². The Morgan fingerprint density at radius 3 is 2.81 bits per heavy atom. The normalized spacial score (nSPS) is 22.0. The zero-order chi connectivity index (χ0) is 22.1. The van der Waals surface area contributed by atoms with E-state index in [0.717, 1.165) is 56.6 Å². The Kier molecular flexibility index (Phi) is 5.97. The van der Waals surface area contributed by atoms with Crippen LogP contribution in [0.3, 0.4) is 0 Å². The lowest BCUT2D eigenvalue weighted by molar-refractivity contribution is 0.0356. The quantitative estimate of drug-likeness (QED) is 0.571. The number of nitriles is 1. The van der Waals surface area contributed by atoms with Gasteiger partial charge in [0.15, 0.2) is 0 Å². The van der Waals surface area contributed by atoms with Gasteiger partial charge in [-0.2, -0.15) is 5.26 Å². The molecule has 2 saturated heterocycles. The van der Waals surface area contributed by atoms with Gasteiger partial charge in [-0.1, -0.05) is 17.7 Å². The predicted octanol–water partition coefficient (Wildman–Crippen LogP) is 3.59. The second-order valence-electron chi connectivity index (χ2n) is 8.83. The molecule has 0 saturated carbocycles. The summed E-state index contributed by atoms with van der Waals surface area (Å²) in [7, 11) is 0. The van der Waals surface area contributed by atoms with Gasteiger partial charge in [-0.05, 0) is 49.2 Å². The second kappa shape index (κ2) is 9.03. The largest absolute Gasteiger partial charge is 0.368 e. The van der Waals surface area contributed by atoms with Crippen LogP contribution in [0, 0.1) is 11.3 Å². The zero-order valence-electron chi connectivity index (χ0n) is 18.3. The smallest absolute Gasteiger partial charge is 0.129 e. The number of aromatic nitrogens is 2. The first-order chi connectivity index (χ1) is 15.6. The van der Waals surface area contributed by atoms with Gasteiger partial charge in [0, 0.05) is 74.8 Å². The van der Waals surface area contributed by atoms with Crippen LogP contribution in [0.5, 0.6) is 0 Å². The molecule has 0 spiro atoms. The minimum Gasteiger partial charge on any atom is -0.368 e. The van der Waals surface area contributed by atoms with Gasteiger partial charge in [-0.3, -0.25) is 9.88 Å². The highest BCUT2D eigenvalue weighted by Crippen LogP contribution is 2.31. The van der Waals surface area contributed by atoms with E-state index in [-0.39, 0.29) is 0 Å². The Bertz CT molecular complexity index is 1140. The van der Waals surface area contributed by atoms with Gasteiger partial charge in [0.2, 0.25) is 0 Å². The summed E-state index contributed by atoms with van der Waals surface area (Å²) in [6.45, 7) is 8.61. The third kappa shape index (κ3) is 4.16. The average Bonchev–Trinajstić information content (AvgIpc) is 2.82. The Hall–Kier alpha value is -2.72. The Morgan fingerprint density at radius 1 is 1.09 bits per heavy atom. The fourth-order valence-corrected chi connectivity index (χ4v) is 5.31. The number of anilines is 1. The fourth-order valence-electron chi connectivity index (χ4n) is 5.19. The van der Waals surface area contributed by atoms with Crippen LogP contribution in [0.25, 0.3) is 10.9 Å². The highest BCUT2D eigenvalue weighted by Gasteiger charge is 2.36. The van der Waals surface area contributed by atoms with Gasteiger partial charge in [0.25, 0.3) is 0 Å². The van der Waals surface area contributed by atoms with E-state index in [1.807, 2.05) is 24.4 Å². The summed E-state index contributed by atoms with van der Waals surface area (Å²) in [6.07, 6.45) is 4.64. The van der Waals surface area contributed by atoms with Gasteiger partial charge < -0.3 is 9.80 Å². The third-order valence-electron chi connectivity index (χ3n) is 6.81. The van der Waals surface area contributed by atoms with Crippen molar-refractivity contribution in [1.82, 2.24) is 19.8 Å². The monoisotopic (exact) mass is 446 g/mol. The summed E-state index contributed by atoms with van der Waals surface area (Å²) in [5.74, 6) is 0. The van der Waals surface area contributed by atoms with Gasteiger partial charge >= 0.3 is 0 Å². The number of piperazine rings is 2. The molecule has 0 N–H and O–H groups in total. The van der Waals surface area contributed by atoms with Crippen molar-refractivity contribution in [1.29, 1.82) is 5.26 Å². The average molecular weight is 447 g/mol. The molecule has 164 valence electrons. The van der Waals surface area contributed by atoms with E-state index in [1.54, 1.807) is 6.20 Å². The number of rotatable bonds is 4. The van der Waals surface area contributed by atoms with Crippen LogP contribution < -0.4 is 4.90 Å². The van der Waals surface area contributed by atoms with E-state index in [9.17, 15) is 5.26 Å². The van der Waals surface area contributed by atoms with Crippen LogP contribution in [0.4, 0.5) is 5.69 Å². The molecule has 3 aromatic rings. The number of fused-ring (bicyclic) bond motifs is 2. The van der Waals surface area contributed by atoms with Crippen molar-refractivity contribution in [2.45, 2.75) is 25.4 Å². The molecule has 2 aromatic heterocycles. The molecule has 2 aliphatic heterocycles. The van der Waals surface area contributed by atoms with Gasteiger partial charge in [-0.15, -0.1) is 0 Å². The number of nitrogens with zero attached hydrogens (tertiary/aromatic N) is 6. The number of hydrogen-bond donors (Lipinski definition) is 0. The van der Waals surface area contributed by atoms with Crippen LogP contribution >= 0.6 is 11.6 Å². The number of benzene rings is 1. The van der Waals surface area contributed by atoms with Crippen LogP contribution in [-0.4, -0.2) is 71.1 Å². The molecule has 5 rings (SSSR count). The molecule has 32 heavy (non-hydrogen) atoms. The Balaban J connectivity index is 1.32. The molecular formula is C25H27ClN6. The van der Waals surface area contributed by atoms with Crippen LogP contribution in [0.1, 0.15) is 18.1 Å². The first-order valence-electron chi connectivity index (χ1n) is 11.2. The zero-order valence-corrected chi connectivity index (χ0v) is 19.0. The number of halogens is 1. The molecule has 7 heteroatoms. The lowest BCUT2D eigenvalue weighted by Crippen LogP contribution is -2.65. The van der Waals surface area contributed by atoms with Crippen LogP contribution in [-0.2, 0) is 6.42 Å². The van der Waals surface area contributed by atoms with E-state index in [2.05, 4.69) is 55.9 Å². The van der Waals surface area contributed by atoms with E-state index < -0.39 is 0 Å². The molecule has 2 unspecified atom stereocenters. The maximum absolute atomic E-state index is 9.48. The Morgan fingerprint density at radius 2 is 2.00 bits per heavy atom. The fraction of sp³-hybridized carbons (Fsp3) is 0.400.